The summed E-state index contributed by atoms with van der Waals surface area (Å²) in [7, 11) is 2.23. The first-order valence-electron chi connectivity index (χ1n) is 11.0. The number of guanidine groups is 1. The molecule has 0 heterocycles. The van der Waals surface area contributed by atoms with Crippen molar-refractivity contribution < 1.29 is 4.79 Å². The lowest BCUT2D eigenvalue weighted by Crippen LogP contribution is -2.47. The molecule has 2 rings (SSSR count). The predicted molar refractivity (Wildman–Crippen MR) is 128 cm³/mol. The molecule has 0 spiro atoms. The van der Waals surface area contributed by atoms with E-state index in [-0.39, 0.29) is 41.8 Å². The molecule has 3 N–H and O–H groups in total. The number of nitrogens with one attached hydrogen (secondary N) is 3. The molecule has 2 fully saturated rings. The van der Waals surface area contributed by atoms with Gasteiger partial charge in [0.25, 0.3) is 0 Å². The standard InChI is InChI=1S/C21H41N5O.HI/c1-5-22-21(23-13-14-26(4)19-11-6-7-12-19)25-18-10-8-9-17(15-18)20(27)24-16(2)3;/h16-19H,5-15H2,1-4H3,(H,24,27)(H2,22,23,25);1H. The quantitative estimate of drug-likeness (QED) is 0.268. The van der Waals surface area contributed by atoms with Gasteiger partial charge in [-0.1, -0.05) is 19.3 Å². The molecule has 2 unspecified atom stereocenters. The molecule has 164 valence electrons. The summed E-state index contributed by atoms with van der Waals surface area (Å²) in [6.07, 6.45) is 9.50. The van der Waals surface area contributed by atoms with Gasteiger partial charge in [-0.15, -0.1) is 24.0 Å². The molecule has 0 bridgehead atoms. The topological polar surface area (TPSA) is 68.8 Å². The van der Waals surface area contributed by atoms with E-state index in [1.807, 2.05) is 13.8 Å². The van der Waals surface area contributed by atoms with Gasteiger partial charge >= 0.3 is 0 Å². The fraction of sp³-hybridized carbons (Fsp3) is 0.905. The molecule has 0 aromatic carbocycles. The number of aliphatic imine (C=N–C) groups is 1. The highest BCUT2D eigenvalue weighted by molar-refractivity contribution is 14.0. The van der Waals surface area contributed by atoms with Crippen molar-refractivity contribution in [1.82, 2.24) is 20.9 Å². The number of halogens is 1. The van der Waals surface area contributed by atoms with Crippen LogP contribution in [0.4, 0.5) is 0 Å². The summed E-state index contributed by atoms with van der Waals surface area (Å²) >= 11 is 0. The van der Waals surface area contributed by atoms with Crippen molar-refractivity contribution in [1.29, 1.82) is 0 Å². The molecular weight excluding hydrogens is 465 g/mol. The summed E-state index contributed by atoms with van der Waals surface area (Å²) in [5.41, 5.74) is 0. The number of carbonyl (C=O) groups is 1. The Morgan fingerprint density at radius 2 is 1.86 bits per heavy atom. The van der Waals surface area contributed by atoms with Gasteiger partial charge in [-0.05, 0) is 59.9 Å². The van der Waals surface area contributed by atoms with Crippen molar-refractivity contribution in [2.24, 2.45) is 10.9 Å². The highest BCUT2D eigenvalue weighted by Crippen LogP contribution is 2.25. The minimum absolute atomic E-state index is 0. The fourth-order valence-corrected chi connectivity index (χ4v) is 4.32. The molecule has 28 heavy (non-hydrogen) atoms. The van der Waals surface area contributed by atoms with E-state index in [1.54, 1.807) is 0 Å². The lowest BCUT2D eigenvalue weighted by molar-refractivity contribution is -0.126. The van der Waals surface area contributed by atoms with Crippen molar-refractivity contribution in [2.75, 3.05) is 26.7 Å². The van der Waals surface area contributed by atoms with Gasteiger partial charge in [-0.2, -0.15) is 0 Å². The first-order chi connectivity index (χ1) is 13.0. The third kappa shape index (κ3) is 8.84. The second-order valence-corrected chi connectivity index (χ2v) is 8.55. The van der Waals surface area contributed by atoms with E-state index in [0.717, 1.165) is 57.3 Å². The number of rotatable bonds is 8. The molecule has 0 saturated heterocycles. The summed E-state index contributed by atoms with van der Waals surface area (Å²) in [4.78, 5) is 19.6. The number of amides is 1. The second kappa shape index (κ2) is 13.6. The SMILES string of the molecule is CCNC(=NCCN(C)C1CCCC1)NC1CCCC(C(=O)NC(C)C)C1.I. The van der Waals surface area contributed by atoms with Gasteiger partial charge in [0.15, 0.2) is 5.96 Å². The van der Waals surface area contributed by atoms with Gasteiger partial charge in [0, 0.05) is 37.1 Å². The van der Waals surface area contributed by atoms with Gasteiger partial charge in [-0.25, -0.2) is 0 Å². The average Bonchev–Trinajstić information content (AvgIpc) is 3.16. The van der Waals surface area contributed by atoms with Crippen molar-refractivity contribution in [3.05, 3.63) is 0 Å². The minimum Gasteiger partial charge on any atom is -0.357 e. The van der Waals surface area contributed by atoms with Crippen LogP contribution in [0.25, 0.3) is 0 Å². The molecule has 0 aliphatic heterocycles. The monoisotopic (exact) mass is 507 g/mol. The van der Waals surface area contributed by atoms with Crippen LogP contribution < -0.4 is 16.0 Å². The van der Waals surface area contributed by atoms with Crippen LogP contribution in [0.5, 0.6) is 0 Å². The molecular formula is C21H42IN5O. The van der Waals surface area contributed by atoms with Crippen LogP contribution in [0, 0.1) is 5.92 Å². The maximum atomic E-state index is 12.3. The summed E-state index contributed by atoms with van der Waals surface area (Å²) in [6.45, 7) is 8.82. The molecule has 0 radical (unpaired) electrons. The van der Waals surface area contributed by atoms with Crippen LogP contribution in [0.1, 0.15) is 72.1 Å². The van der Waals surface area contributed by atoms with E-state index in [2.05, 4.69) is 34.8 Å². The zero-order chi connectivity index (χ0) is 19.6. The fourth-order valence-electron chi connectivity index (χ4n) is 4.32. The van der Waals surface area contributed by atoms with Crippen LogP contribution in [0.15, 0.2) is 4.99 Å². The molecule has 2 aliphatic rings. The van der Waals surface area contributed by atoms with Gasteiger partial charge < -0.3 is 20.9 Å². The Hall–Kier alpha value is -0.570. The Bertz CT molecular complexity index is 479. The van der Waals surface area contributed by atoms with E-state index >= 15 is 0 Å². The molecule has 0 aromatic rings. The predicted octanol–water partition coefficient (Wildman–Crippen LogP) is 3.12. The van der Waals surface area contributed by atoms with Crippen LogP contribution in [0.2, 0.25) is 0 Å². The first kappa shape index (κ1) is 25.5. The number of carbonyl (C=O) groups excluding carboxylic acids is 1. The van der Waals surface area contributed by atoms with E-state index in [9.17, 15) is 4.79 Å². The molecule has 1 amide bonds. The third-order valence-electron chi connectivity index (χ3n) is 5.83. The van der Waals surface area contributed by atoms with Crippen LogP contribution in [0.3, 0.4) is 0 Å². The molecule has 2 atom stereocenters. The summed E-state index contributed by atoms with van der Waals surface area (Å²) in [6, 6.07) is 1.28. The van der Waals surface area contributed by atoms with Crippen molar-refractivity contribution >= 4 is 35.8 Å². The lowest BCUT2D eigenvalue weighted by Gasteiger charge is -2.30. The maximum Gasteiger partial charge on any atom is 0.223 e. The Morgan fingerprint density at radius 3 is 2.50 bits per heavy atom. The second-order valence-electron chi connectivity index (χ2n) is 8.55. The Balaban J connectivity index is 0.00000392. The first-order valence-corrected chi connectivity index (χ1v) is 11.0. The van der Waals surface area contributed by atoms with Gasteiger partial charge in [-0.3, -0.25) is 9.79 Å². The smallest absolute Gasteiger partial charge is 0.223 e. The van der Waals surface area contributed by atoms with Gasteiger partial charge in [0.1, 0.15) is 0 Å². The van der Waals surface area contributed by atoms with E-state index in [1.165, 1.54) is 25.7 Å². The summed E-state index contributed by atoms with van der Waals surface area (Å²) in [5.74, 6) is 1.22. The number of hydrogen-bond acceptors (Lipinski definition) is 3. The average molecular weight is 508 g/mol. The van der Waals surface area contributed by atoms with Gasteiger partial charge in [0.05, 0.1) is 6.54 Å². The van der Waals surface area contributed by atoms with Crippen molar-refractivity contribution in [2.45, 2.75) is 90.3 Å². The number of hydrogen-bond donors (Lipinski definition) is 3. The molecule has 6 nitrogen and oxygen atoms in total. The van der Waals surface area contributed by atoms with E-state index in [4.69, 9.17) is 4.99 Å². The zero-order valence-corrected chi connectivity index (χ0v) is 20.6. The van der Waals surface area contributed by atoms with Crippen molar-refractivity contribution in [3.63, 3.8) is 0 Å². The van der Waals surface area contributed by atoms with Crippen LogP contribution in [-0.2, 0) is 4.79 Å². The summed E-state index contributed by atoms with van der Waals surface area (Å²) in [5, 5.41) is 10.0. The highest BCUT2D eigenvalue weighted by Gasteiger charge is 2.28. The van der Waals surface area contributed by atoms with Crippen LogP contribution >= 0.6 is 24.0 Å². The third-order valence-corrected chi connectivity index (χ3v) is 5.83. The number of nitrogens with zero attached hydrogens (tertiary/aromatic N) is 2. The highest BCUT2D eigenvalue weighted by atomic mass is 127. The zero-order valence-electron chi connectivity index (χ0n) is 18.3. The van der Waals surface area contributed by atoms with Crippen LogP contribution in [-0.4, -0.2) is 61.6 Å². The largest absolute Gasteiger partial charge is 0.357 e. The molecule has 0 aromatic heterocycles. The van der Waals surface area contributed by atoms with E-state index < -0.39 is 0 Å². The Morgan fingerprint density at radius 1 is 1.14 bits per heavy atom. The van der Waals surface area contributed by atoms with Gasteiger partial charge in [0.2, 0.25) is 5.91 Å². The van der Waals surface area contributed by atoms with Crippen molar-refractivity contribution in [3.8, 4) is 0 Å². The molecule has 2 aliphatic carbocycles. The number of likely N-dealkylation sites (N-methyl/N-ethyl adjacent to an activating group) is 1. The Labute approximate surface area is 189 Å². The summed E-state index contributed by atoms with van der Waals surface area (Å²) < 4.78 is 0. The lowest BCUT2D eigenvalue weighted by atomic mass is 9.85. The maximum absolute atomic E-state index is 12.3. The van der Waals surface area contributed by atoms with E-state index in [0.29, 0.717) is 6.04 Å². The molecule has 7 heteroatoms. The normalized spacial score (nSPS) is 23.6. The minimum atomic E-state index is 0. The molecule has 2 saturated carbocycles. The Kier molecular flexibility index (Phi) is 12.4.